The molecule has 0 aromatic heterocycles. The van der Waals surface area contributed by atoms with Crippen molar-refractivity contribution in [2.45, 2.75) is 64.1 Å². The van der Waals surface area contributed by atoms with E-state index < -0.39 is 35.5 Å². The molecule has 1 aliphatic carbocycles. The fourth-order valence-corrected chi connectivity index (χ4v) is 3.59. The molecule has 0 bridgehead atoms. The number of hydrogen-bond acceptors (Lipinski definition) is 5. The number of aliphatic carboxylic acids is 1. The summed E-state index contributed by atoms with van der Waals surface area (Å²) in [4.78, 5) is 42.0. The Hall–Kier alpha value is -2.36. The predicted molar refractivity (Wildman–Crippen MR) is 99.7 cm³/mol. The highest BCUT2D eigenvalue weighted by Gasteiger charge is 2.53. The van der Waals surface area contributed by atoms with Gasteiger partial charge in [0.1, 0.15) is 6.04 Å². The van der Waals surface area contributed by atoms with E-state index >= 15 is 0 Å². The normalized spacial score (nSPS) is 25.5. The lowest BCUT2D eigenvalue weighted by atomic mass is 9.91. The topological polar surface area (TPSA) is 171 Å². The van der Waals surface area contributed by atoms with Crippen LogP contribution in [0.15, 0.2) is 4.99 Å². The second-order valence-electron chi connectivity index (χ2n) is 7.03. The number of nitrogens with zero attached hydrogens (tertiary/aromatic N) is 2. The van der Waals surface area contributed by atoms with E-state index in [1.807, 2.05) is 13.8 Å². The molecule has 1 fully saturated rings. The quantitative estimate of drug-likeness (QED) is 0.250. The summed E-state index contributed by atoms with van der Waals surface area (Å²) < 4.78 is 0. The van der Waals surface area contributed by atoms with E-state index in [1.165, 1.54) is 6.92 Å². The third kappa shape index (κ3) is 5.81. The van der Waals surface area contributed by atoms with Gasteiger partial charge in [0.05, 0.1) is 6.04 Å². The van der Waals surface area contributed by atoms with Gasteiger partial charge in [-0.3, -0.25) is 9.59 Å². The fourth-order valence-electron chi connectivity index (χ4n) is 3.59. The van der Waals surface area contributed by atoms with Gasteiger partial charge in [-0.25, -0.2) is 9.79 Å². The number of guanidine groups is 1. The molecule has 0 radical (unpaired) electrons. The van der Waals surface area contributed by atoms with Crippen LogP contribution in [0.4, 0.5) is 0 Å². The molecular formula is C17H31N5O5. The van der Waals surface area contributed by atoms with Gasteiger partial charge in [0.2, 0.25) is 11.8 Å². The smallest absolute Gasteiger partial charge is 0.335 e. The lowest BCUT2D eigenvalue weighted by Crippen LogP contribution is -2.54. The molecule has 1 saturated carbocycles. The summed E-state index contributed by atoms with van der Waals surface area (Å²) in [6.45, 7) is 6.16. The molecule has 0 unspecified atom stereocenters. The summed E-state index contributed by atoms with van der Waals surface area (Å²) in [6, 6.07) is -1.83. The van der Waals surface area contributed by atoms with Crippen molar-refractivity contribution in [2.24, 2.45) is 22.4 Å². The van der Waals surface area contributed by atoms with Crippen molar-refractivity contribution >= 4 is 23.7 Å². The van der Waals surface area contributed by atoms with Crippen molar-refractivity contribution in [2.75, 3.05) is 13.1 Å². The Morgan fingerprint density at radius 1 is 1.22 bits per heavy atom. The molecule has 154 valence electrons. The number of carboxylic acids is 1. The Balaban J connectivity index is 3.28. The molecule has 0 aromatic carbocycles. The molecule has 0 aromatic rings. The first-order chi connectivity index (χ1) is 12.6. The molecule has 0 spiro atoms. The van der Waals surface area contributed by atoms with Crippen LogP contribution in [0, 0.1) is 5.92 Å². The minimum absolute atomic E-state index is 0.240. The van der Waals surface area contributed by atoms with E-state index in [9.17, 15) is 24.6 Å². The highest BCUT2D eigenvalue weighted by molar-refractivity contribution is 5.88. The second kappa shape index (κ2) is 9.54. The Morgan fingerprint density at radius 2 is 1.78 bits per heavy atom. The molecule has 4 atom stereocenters. The molecule has 0 heterocycles. The standard InChI is InChI=1S/C17H31N5O5/c1-4-6-22(7-5-2)14(24)13(20-10(3)23)11-8-17(27,15(25)26)9-12(11)21-16(18)19/h11-13,27H,4-9H2,1-3H3,(H,20,23)(H,25,26)(H4,18,19,21)/t11-,12-,13-,17+/m0/s1. The first-order valence-corrected chi connectivity index (χ1v) is 9.16. The SMILES string of the molecule is CCCN(CCC)C(=O)[C@@H](NC(C)=O)[C@H]1C[C@](O)(C(=O)O)C[C@@H]1N=C(N)N. The minimum Gasteiger partial charge on any atom is -0.479 e. The van der Waals surface area contributed by atoms with Gasteiger partial charge >= 0.3 is 5.97 Å². The van der Waals surface area contributed by atoms with Crippen molar-refractivity contribution in [3.8, 4) is 0 Å². The fraction of sp³-hybridized carbons (Fsp3) is 0.765. The number of nitrogens with one attached hydrogen (secondary N) is 1. The average Bonchev–Trinajstić information content (AvgIpc) is 2.88. The highest BCUT2D eigenvalue weighted by Crippen LogP contribution is 2.39. The molecule has 2 amide bonds. The monoisotopic (exact) mass is 385 g/mol. The summed E-state index contributed by atoms with van der Waals surface area (Å²) in [5.74, 6) is -3.19. The zero-order valence-electron chi connectivity index (χ0n) is 16.1. The van der Waals surface area contributed by atoms with Gasteiger partial charge in [-0.15, -0.1) is 0 Å². The van der Waals surface area contributed by atoms with Crippen LogP contribution in [0.5, 0.6) is 0 Å². The van der Waals surface area contributed by atoms with Gasteiger partial charge in [-0.2, -0.15) is 0 Å². The van der Waals surface area contributed by atoms with Crippen molar-refractivity contribution in [3.63, 3.8) is 0 Å². The van der Waals surface area contributed by atoms with Crippen LogP contribution < -0.4 is 16.8 Å². The summed E-state index contributed by atoms with van der Waals surface area (Å²) in [5, 5.41) is 22.4. The molecule has 1 aliphatic rings. The molecule has 7 N–H and O–H groups in total. The van der Waals surface area contributed by atoms with Crippen LogP contribution >= 0.6 is 0 Å². The van der Waals surface area contributed by atoms with Crippen molar-refractivity contribution in [1.82, 2.24) is 10.2 Å². The maximum Gasteiger partial charge on any atom is 0.335 e. The van der Waals surface area contributed by atoms with Gasteiger partial charge in [-0.1, -0.05) is 13.8 Å². The maximum atomic E-state index is 13.1. The number of rotatable bonds is 9. The number of carbonyl (C=O) groups excluding carboxylic acids is 2. The summed E-state index contributed by atoms with van der Waals surface area (Å²) in [5.41, 5.74) is 8.83. The van der Waals surface area contributed by atoms with Crippen molar-refractivity contribution in [3.05, 3.63) is 0 Å². The zero-order valence-corrected chi connectivity index (χ0v) is 16.1. The van der Waals surface area contributed by atoms with Crippen molar-refractivity contribution in [1.29, 1.82) is 0 Å². The second-order valence-corrected chi connectivity index (χ2v) is 7.03. The number of carboxylic acid groups (broad SMARTS) is 1. The Labute approximate surface area is 159 Å². The largest absolute Gasteiger partial charge is 0.479 e. The Morgan fingerprint density at radius 3 is 2.19 bits per heavy atom. The van der Waals surface area contributed by atoms with Gasteiger partial charge in [0.25, 0.3) is 0 Å². The van der Waals surface area contributed by atoms with Gasteiger partial charge < -0.3 is 31.9 Å². The molecule has 10 heteroatoms. The molecular weight excluding hydrogens is 354 g/mol. The lowest BCUT2D eigenvalue weighted by molar-refractivity contribution is -0.158. The average molecular weight is 385 g/mol. The summed E-state index contributed by atoms with van der Waals surface area (Å²) in [7, 11) is 0. The first-order valence-electron chi connectivity index (χ1n) is 9.16. The third-order valence-corrected chi connectivity index (χ3v) is 4.68. The van der Waals surface area contributed by atoms with Crippen LogP contribution in [-0.4, -0.2) is 69.6 Å². The zero-order chi connectivity index (χ0) is 20.8. The van der Waals surface area contributed by atoms with E-state index in [0.29, 0.717) is 13.1 Å². The summed E-state index contributed by atoms with van der Waals surface area (Å²) in [6.07, 6.45) is 0.988. The van der Waals surface area contributed by atoms with E-state index in [4.69, 9.17) is 11.5 Å². The van der Waals surface area contributed by atoms with Crippen LogP contribution in [0.3, 0.4) is 0 Å². The van der Waals surface area contributed by atoms with E-state index in [1.54, 1.807) is 4.90 Å². The van der Waals surface area contributed by atoms with Crippen LogP contribution in [0.2, 0.25) is 0 Å². The number of carbonyl (C=O) groups is 3. The van der Waals surface area contributed by atoms with Crippen LogP contribution in [-0.2, 0) is 14.4 Å². The van der Waals surface area contributed by atoms with E-state index in [-0.39, 0.29) is 24.7 Å². The molecule has 0 saturated heterocycles. The number of amides is 2. The van der Waals surface area contributed by atoms with Crippen molar-refractivity contribution < 1.29 is 24.6 Å². The first kappa shape index (κ1) is 22.7. The third-order valence-electron chi connectivity index (χ3n) is 4.68. The highest BCUT2D eigenvalue weighted by atomic mass is 16.4. The number of nitrogens with two attached hydrogens (primary N) is 2. The van der Waals surface area contributed by atoms with E-state index in [2.05, 4.69) is 10.3 Å². The number of aliphatic hydroxyl groups is 1. The van der Waals surface area contributed by atoms with Crippen LogP contribution in [0.25, 0.3) is 0 Å². The Kier molecular flexibility index (Phi) is 8.01. The molecule has 27 heavy (non-hydrogen) atoms. The minimum atomic E-state index is -2.06. The van der Waals surface area contributed by atoms with Gasteiger partial charge in [0.15, 0.2) is 11.6 Å². The van der Waals surface area contributed by atoms with E-state index in [0.717, 1.165) is 12.8 Å². The molecule has 1 rings (SSSR count). The summed E-state index contributed by atoms with van der Waals surface area (Å²) >= 11 is 0. The molecule has 10 nitrogen and oxygen atoms in total. The van der Waals surface area contributed by atoms with Crippen LogP contribution in [0.1, 0.15) is 46.5 Å². The number of aliphatic imine (C=N–C) groups is 1. The number of hydrogen-bond donors (Lipinski definition) is 5. The molecule has 0 aliphatic heterocycles. The maximum absolute atomic E-state index is 13.1. The lowest BCUT2D eigenvalue weighted by Gasteiger charge is -2.32. The van der Waals surface area contributed by atoms with Gasteiger partial charge in [0, 0.05) is 32.4 Å². The Bertz CT molecular complexity index is 586. The predicted octanol–water partition coefficient (Wildman–Crippen LogP) is -0.993. The van der Waals surface area contributed by atoms with Gasteiger partial charge in [-0.05, 0) is 19.3 Å².